The molecule has 1 atom stereocenters. The molecule has 1 unspecified atom stereocenters. The third kappa shape index (κ3) is 4.46. The first-order valence-electron chi connectivity index (χ1n) is 10.0. The number of benzene rings is 3. The predicted octanol–water partition coefficient (Wildman–Crippen LogP) is 2.93. The summed E-state index contributed by atoms with van der Waals surface area (Å²) in [4.78, 5) is 36.6. The lowest BCUT2D eigenvalue weighted by Crippen LogP contribution is -2.40. The molecule has 174 valence electrons. The highest BCUT2D eigenvalue weighted by molar-refractivity contribution is 7.92. The summed E-state index contributed by atoms with van der Waals surface area (Å²) >= 11 is 0. The molecule has 1 saturated heterocycles. The molecule has 1 fully saturated rings. The molecule has 0 aliphatic carbocycles. The van der Waals surface area contributed by atoms with E-state index < -0.39 is 39.2 Å². The van der Waals surface area contributed by atoms with Crippen LogP contribution in [-0.4, -0.2) is 26.3 Å². The quantitative estimate of drug-likeness (QED) is 0.401. The van der Waals surface area contributed by atoms with E-state index in [1.54, 1.807) is 30.3 Å². The number of carbonyl (C=O) groups is 3. The number of hydrogen-bond donors (Lipinski definition) is 4. The molecule has 4 rings (SSSR count). The van der Waals surface area contributed by atoms with Gasteiger partial charge in [-0.3, -0.25) is 19.6 Å². The second-order valence-electron chi connectivity index (χ2n) is 7.67. The summed E-state index contributed by atoms with van der Waals surface area (Å²) in [7, 11) is -4.08. The van der Waals surface area contributed by atoms with Crippen LogP contribution in [0.4, 0.5) is 20.6 Å². The fourth-order valence-corrected chi connectivity index (χ4v) is 4.52. The molecule has 4 N–H and O–H groups in total. The van der Waals surface area contributed by atoms with Crippen molar-refractivity contribution >= 4 is 39.2 Å². The first-order chi connectivity index (χ1) is 16.1. The molecule has 0 bridgehead atoms. The molecule has 0 spiro atoms. The first-order valence-corrected chi connectivity index (χ1v) is 11.5. The van der Waals surface area contributed by atoms with Gasteiger partial charge >= 0.3 is 6.03 Å². The normalized spacial score (nSPS) is 17.6. The number of urea groups is 1. The third-order valence-corrected chi connectivity index (χ3v) is 6.66. The van der Waals surface area contributed by atoms with Crippen LogP contribution in [0.25, 0.3) is 0 Å². The van der Waals surface area contributed by atoms with Crippen LogP contribution in [0.1, 0.15) is 22.8 Å². The highest BCUT2D eigenvalue weighted by Crippen LogP contribution is 2.27. The van der Waals surface area contributed by atoms with E-state index in [2.05, 4.69) is 20.7 Å². The van der Waals surface area contributed by atoms with Gasteiger partial charge in [0, 0.05) is 5.69 Å². The summed E-state index contributed by atoms with van der Waals surface area (Å²) in [6, 6.07) is 16.0. The average molecular weight is 482 g/mol. The molecule has 3 aromatic rings. The highest BCUT2D eigenvalue weighted by Gasteiger charge is 2.43. The van der Waals surface area contributed by atoms with Crippen LogP contribution in [0.5, 0.6) is 0 Å². The number of amides is 4. The fourth-order valence-electron chi connectivity index (χ4n) is 3.44. The number of anilines is 2. The van der Waals surface area contributed by atoms with Crippen molar-refractivity contribution in [2.75, 3.05) is 10.0 Å². The number of halogens is 1. The van der Waals surface area contributed by atoms with Gasteiger partial charge < -0.3 is 10.6 Å². The van der Waals surface area contributed by atoms with E-state index in [4.69, 9.17) is 0 Å². The SMILES string of the molecule is CC1(c2cccc(NC(=O)c3ccccc3NS(=O)(=O)c3ccc(F)cc3)c2)NC(=O)NC1=O. The van der Waals surface area contributed by atoms with Gasteiger partial charge in [0.2, 0.25) is 0 Å². The molecule has 0 saturated carbocycles. The standard InChI is InChI=1S/C23H19FN4O5S/c1-23(21(30)26-22(31)27-23)14-5-4-6-16(13-14)25-20(29)18-7-2-3-8-19(18)28-34(32,33)17-11-9-15(24)10-12-17/h2-13,28H,1H3,(H,25,29)(H2,26,27,30,31). The lowest BCUT2D eigenvalue weighted by Gasteiger charge is -2.22. The van der Waals surface area contributed by atoms with Crippen molar-refractivity contribution in [1.29, 1.82) is 0 Å². The largest absolute Gasteiger partial charge is 0.322 e. The molecule has 3 aromatic carbocycles. The van der Waals surface area contributed by atoms with E-state index in [0.29, 0.717) is 11.3 Å². The lowest BCUT2D eigenvalue weighted by molar-refractivity contribution is -0.123. The molecule has 11 heteroatoms. The molecular formula is C23H19FN4O5S. The van der Waals surface area contributed by atoms with Crippen molar-refractivity contribution in [3.63, 3.8) is 0 Å². The number of sulfonamides is 1. The zero-order valence-corrected chi connectivity index (χ0v) is 18.6. The van der Waals surface area contributed by atoms with Crippen LogP contribution in [0, 0.1) is 5.82 Å². The van der Waals surface area contributed by atoms with Crippen LogP contribution >= 0.6 is 0 Å². The van der Waals surface area contributed by atoms with Gasteiger partial charge in [-0.2, -0.15) is 0 Å². The predicted molar refractivity (Wildman–Crippen MR) is 122 cm³/mol. The van der Waals surface area contributed by atoms with E-state index >= 15 is 0 Å². The molecule has 0 aromatic heterocycles. The minimum Gasteiger partial charge on any atom is -0.322 e. The molecule has 1 aliphatic rings. The lowest BCUT2D eigenvalue weighted by atomic mass is 9.92. The Balaban J connectivity index is 1.58. The van der Waals surface area contributed by atoms with Crippen molar-refractivity contribution in [3.05, 3.63) is 89.7 Å². The fraction of sp³-hybridized carbons (Fsp3) is 0.0870. The van der Waals surface area contributed by atoms with Gasteiger partial charge in [-0.25, -0.2) is 17.6 Å². The van der Waals surface area contributed by atoms with E-state index in [0.717, 1.165) is 24.3 Å². The van der Waals surface area contributed by atoms with Crippen LogP contribution in [-0.2, 0) is 20.4 Å². The van der Waals surface area contributed by atoms with E-state index in [1.165, 1.54) is 25.1 Å². The first kappa shape index (κ1) is 22.9. The summed E-state index contributed by atoms with van der Waals surface area (Å²) in [5.74, 6) is -1.72. The number of imide groups is 1. The van der Waals surface area contributed by atoms with E-state index in [9.17, 15) is 27.2 Å². The molecule has 1 aliphatic heterocycles. The van der Waals surface area contributed by atoms with Gasteiger partial charge in [-0.15, -0.1) is 0 Å². The smallest absolute Gasteiger partial charge is 0.322 e. The van der Waals surface area contributed by atoms with Gasteiger partial charge in [-0.05, 0) is 61.0 Å². The Labute approximate surface area is 194 Å². The average Bonchev–Trinajstić information content (AvgIpc) is 3.06. The summed E-state index contributed by atoms with van der Waals surface area (Å²) in [6.07, 6.45) is 0. The number of hydrogen-bond acceptors (Lipinski definition) is 5. The maximum atomic E-state index is 13.2. The maximum Gasteiger partial charge on any atom is 0.322 e. The Kier molecular flexibility index (Phi) is 5.80. The van der Waals surface area contributed by atoms with Gasteiger partial charge in [-0.1, -0.05) is 24.3 Å². The number of rotatable bonds is 6. The summed E-state index contributed by atoms with van der Waals surface area (Å²) < 4.78 is 40.9. The zero-order chi connectivity index (χ0) is 24.5. The van der Waals surface area contributed by atoms with Crippen LogP contribution in [0.3, 0.4) is 0 Å². The van der Waals surface area contributed by atoms with E-state index in [-0.39, 0.29) is 16.1 Å². The van der Waals surface area contributed by atoms with Crippen LogP contribution in [0.15, 0.2) is 77.7 Å². The third-order valence-electron chi connectivity index (χ3n) is 5.28. The molecule has 1 heterocycles. The Bertz CT molecular complexity index is 1410. The molecule has 0 radical (unpaired) electrons. The Morgan fingerprint density at radius 3 is 2.35 bits per heavy atom. The molecular weight excluding hydrogens is 463 g/mol. The summed E-state index contributed by atoms with van der Waals surface area (Å²) in [5.41, 5.74) is -0.472. The minimum atomic E-state index is -4.08. The molecule has 9 nitrogen and oxygen atoms in total. The van der Waals surface area contributed by atoms with E-state index in [1.807, 2.05) is 0 Å². The summed E-state index contributed by atoms with van der Waals surface area (Å²) in [6.45, 7) is 1.54. The van der Waals surface area contributed by atoms with Crippen LogP contribution < -0.4 is 20.7 Å². The number of carbonyl (C=O) groups excluding carboxylic acids is 3. The number of para-hydroxylation sites is 1. The minimum absolute atomic E-state index is 0.0230. The molecule has 4 amide bonds. The monoisotopic (exact) mass is 482 g/mol. The van der Waals surface area contributed by atoms with Gasteiger partial charge in [0.25, 0.3) is 21.8 Å². The van der Waals surface area contributed by atoms with Crippen molar-refractivity contribution in [2.45, 2.75) is 17.4 Å². The van der Waals surface area contributed by atoms with Crippen molar-refractivity contribution in [2.24, 2.45) is 0 Å². The van der Waals surface area contributed by atoms with Gasteiger partial charge in [0.1, 0.15) is 11.4 Å². The summed E-state index contributed by atoms with van der Waals surface area (Å²) in [5, 5.41) is 7.40. The van der Waals surface area contributed by atoms with Crippen molar-refractivity contribution in [3.8, 4) is 0 Å². The Morgan fingerprint density at radius 2 is 1.68 bits per heavy atom. The number of nitrogens with one attached hydrogen (secondary N) is 4. The van der Waals surface area contributed by atoms with Crippen LogP contribution in [0.2, 0.25) is 0 Å². The second kappa shape index (κ2) is 8.60. The maximum absolute atomic E-state index is 13.2. The Morgan fingerprint density at radius 1 is 0.971 bits per heavy atom. The molecule has 34 heavy (non-hydrogen) atoms. The van der Waals surface area contributed by atoms with Crippen molar-refractivity contribution in [1.82, 2.24) is 10.6 Å². The van der Waals surface area contributed by atoms with Gasteiger partial charge in [0.05, 0.1) is 16.1 Å². The van der Waals surface area contributed by atoms with Gasteiger partial charge in [0.15, 0.2) is 0 Å². The van der Waals surface area contributed by atoms with Crippen molar-refractivity contribution < 1.29 is 27.2 Å². The topological polar surface area (TPSA) is 133 Å². The highest BCUT2D eigenvalue weighted by atomic mass is 32.2. The zero-order valence-electron chi connectivity index (χ0n) is 17.8. The second-order valence-corrected chi connectivity index (χ2v) is 9.36. The Hall–Kier alpha value is -4.25.